The van der Waals surface area contributed by atoms with E-state index in [-0.39, 0.29) is 17.2 Å². The number of furan rings is 1. The molecule has 0 aliphatic heterocycles. The van der Waals surface area contributed by atoms with Crippen LogP contribution in [0.2, 0.25) is 0 Å². The molecular weight excluding hydrogens is 497 g/mol. The Hall–Kier alpha value is -3.99. The molecule has 0 aliphatic carbocycles. The molecule has 0 atom stereocenters. The zero-order chi connectivity index (χ0) is 25.9. The van der Waals surface area contributed by atoms with E-state index in [4.69, 9.17) is 18.6 Å². The highest BCUT2D eigenvalue weighted by Gasteiger charge is 2.34. The van der Waals surface area contributed by atoms with Gasteiger partial charge < -0.3 is 18.6 Å². The molecule has 7 nitrogen and oxygen atoms in total. The van der Waals surface area contributed by atoms with Crippen LogP contribution in [0.25, 0.3) is 16.3 Å². The number of aromatic nitrogens is 1. The van der Waals surface area contributed by atoms with Crippen LogP contribution in [-0.4, -0.2) is 32.2 Å². The molecule has 0 unspecified atom stereocenters. The summed E-state index contributed by atoms with van der Waals surface area (Å²) in [7, 11) is 4.43. The first-order chi connectivity index (χ1) is 17.2. The minimum absolute atomic E-state index is 0.0212. The second-order valence-electron chi connectivity index (χ2n) is 7.44. The third-order valence-corrected chi connectivity index (χ3v) is 6.25. The molecule has 4 aromatic rings. The minimum Gasteiger partial charge on any atom is -0.493 e. The van der Waals surface area contributed by atoms with Gasteiger partial charge in [-0.3, -0.25) is 9.69 Å². The van der Waals surface area contributed by atoms with Crippen LogP contribution in [0.3, 0.4) is 0 Å². The first-order valence-electron chi connectivity index (χ1n) is 10.5. The van der Waals surface area contributed by atoms with E-state index in [2.05, 4.69) is 4.98 Å². The fourth-order valence-corrected chi connectivity index (χ4v) is 4.53. The number of anilines is 1. The molecule has 36 heavy (non-hydrogen) atoms. The number of carbonyl (C=O) groups excluding carboxylic acids is 1. The van der Waals surface area contributed by atoms with Crippen LogP contribution < -0.4 is 19.1 Å². The van der Waals surface area contributed by atoms with Crippen molar-refractivity contribution in [3.8, 4) is 17.2 Å². The van der Waals surface area contributed by atoms with Gasteiger partial charge in [0.2, 0.25) is 5.75 Å². The van der Waals surface area contributed by atoms with Crippen LogP contribution in [0.15, 0.2) is 59.2 Å². The van der Waals surface area contributed by atoms with Gasteiger partial charge in [-0.1, -0.05) is 17.4 Å². The summed E-state index contributed by atoms with van der Waals surface area (Å²) < 4.78 is 62.2. The number of carbonyl (C=O) groups is 1. The van der Waals surface area contributed by atoms with Crippen molar-refractivity contribution < 1.29 is 36.6 Å². The summed E-state index contributed by atoms with van der Waals surface area (Å²) in [6.45, 7) is -0.0212. The van der Waals surface area contributed by atoms with E-state index in [9.17, 15) is 18.0 Å². The maximum atomic E-state index is 13.5. The molecule has 1 amide bonds. The Morgan fingerprint density at radius 2 is 1.81 bits per heavy atom. The number of para-hydroxylation sites is 1. The lowest BCUT2D eigenvalue weighted by atomic mass is 10.1. The third kappa shape index (κ3) is 5.15. The van der Waals surface area contributed by atoms with E-state index in [0.29, 0.717) is 33.3 Å². The number of amides is 1. The van der Waals surface area contributed by atoms with Gasteiger partial charge in [0.05, 0.1) is 49.9 Å². The Balaban J connectivity index is 1.72. The summed E-state index contributed by atoms with van der Waals surface area (Å²) in [6, 6.07) is 10.5. The molecule has 0 bridgehead atoms. The Bertz CT molecular complexity index is 1370. The molecule has 2 aromatic heterocycles. The van der Waals surface area contributed by atoms with Crippen LogP contribution >= 0.6 is 11.3 Å². The van der Waals surface area contributed by atoms with Gasteiger partial charge in [-0.05, 0) is 48.0 Å². The predicted molar refractivity (Wildman–Crippen MR) is 130 cm³/mol. The van der Waals surface area contributed by atoms with Gasteiger partial charge in [0.1, 0.15) is 5.76 Å². The van der Waals surface area contributed by atoms with Gasteiger partial charge in [-0.2, -0.15) is 13.2 Å². The Labute approximate surface area is 208 Å². The lowest BCUT2D eigenvalue weighted by Crippen LogP contribution is -2.28. The number of rotatable bonds is 8. The van der Waals surface area contributed by atoms with Crippen LogP contribution in [-0.2, 0) is 17.5 Å². The maximum Gasteiger partial charge on any atom is 0.418 e. The molecule has 0 aliphatic rings. The molecule has 2 heterocycles. The van der Waals surface area contributed by atoms with E-state index in [0.717, 1.165) is 17.4 Å². The SMILES string of the molecule is COc1cc(/C=C/C(=O)N(Cc2ccco2)c2nc3c(C(F)(F)F)cccc3s2)cc(OC)c1OC. The van der Waals surface area contributed by atoms with E-state index in [1.54, 1.807) is 24.3 Å². The smallest absolute Gasteiger partial charge is 0.418 e. The summed E-state index contributed by atoms with van der Waals surface area (Å²) in [5.41, 5.74) is -0.490. The van der Waals surface area contributed by atoms with Crippen molar-refractivity contribution >= 4 is 38.7 Å². The largest absolute Gasteiger partial charge is 0.493 e. The number of methoxy groups -OCH3 is 3. The molecule has 0 saturated heterocycles. The summed E-state index contributed by atoms with van der Waals surface area (Å²) in [6.07, 6.45) is -0.298. The van der Waals surface area contributed by atoms with Crippen LogP contribution in [0.1, 0.15) is 16.9 Å². The van der Waals surface area contributed by atoms with Gasteiger partial charge in [-0.15, -0.1) is 0 Å². The van der Waals surface area contributed by atoms with Crippen molar-refractivity contribution in [1.29, 1.82) is 0 Å². The van der Waals surface area contributed by atoms with Gasteiger partial charge in [-0.25, -0.2) is 4.98 Å². The van der Waals surface area contributed by atoms with E-state index < -0.39 is 17.6 Å². The number of nitrogens with zero attached hydrogens (tertiary/aromatic N) is 2. The number of hydrogen-bond acceptors (Lipinski definition) is 7. The lowest BCUT2D eigenvalue weighted by molar-refractivity contribution is -0.136. The van der Waals surface area contributed by atoms with Crippen molar-refractivity contribution in [3.63, 3.8) is 0 Å². The number of halogens is 3. The molecule has 0 radical (unpaired) electrons. The van der Waals surface area contributed by atoms with Gasteiger partial charge in [0.15, 0.2) is 16.6 Å². The molecule has 0 fully saturated rings. The summed E-state index contributed by atoms with van der Waals surface area (Å²) in [4.78, 5) is 18.7. The van der Waals surface area contributed by atoms with Crippen molar-refractivity contribution in [1.82, 2.24) is 4.98 Å². The molecule has 11 heteroatoms. The normalized spacial score (nSPS) is 11.7. The average molecular weight is 519 g/mol. The first kappa shape index (κ1) is 25.1. The maximum absolute atomic E-state index is 13.5. The van der Waals surface area contributed by atoms with Crippen molar-refractivity contribution in [3.05, 3.63) is 71.7 Å². The second kappa shape index (κ2) is 10.3. The zero-order valence-electron chi connectivity index (χ0n) is 19.5. The highest BCUT2D eigenvalue weighted by molar-refractivity contribution is 7.22. The van der Waals surface area contributed by atoms with Gasteiger partial charge in [0, 0.05) is 6.08 Å². The fraction of sp³-hybridized carbons (Fsp3) is 0.200. The van der Waals surface area contributed by atoms with Crippen molar-refractivity contribution in [2.24, 2.45) is 0 Å². The number of hydrogen-bond donors (Lipinski definition) is 0. The molecule has 188 valence electrons. The fourth-order valence-electron chi connectivity index (χ4n) is 3.53. The number of benzene rings is 2. The molecule has 4 rings (SSSR count). The van der Waals surface area contributed by atoms with Crippen LogP contribution in [0.4, 0.5) is 18.3 Å². The van der Waals surface area contributed by atoms with Gasteiger partial charge >= 0.3 is 6.18 Å². The Morgan fingerprint density at radius 3 is 2.39 bits per heavy atom. The standard InChI is InChI=1S/C25H21F3N2O5S/c1-32-18-12-15(13-19(33-2)23(18)34-3)9-10-21(31)30(14-16-6-5-11-35-16)24-29-22-17(25(26,27)28)7-4-8-20(22)36-24/h4-13H,14H2,1-3H3/b10-9+. The molecular formula is C25H21F3N2O5S. The quantitative estimate of drug-likeness (QED) is 0.259. The summed E-state index contributed by atoms with van der Waals surface area (Å²) in [5.74, 6) is 1.15. The molecule has 0 saturated carbocycles. The Kier molecular flexibility index (Phi) is 7.20. The number of fused-ring (bicyclic) bond motifs is 1. The average Bonchev–Trinajstić information content (AvgIpc) is 3.53. The van der Waals surface area contributed by atoms with Crippen LogP contribution in [0.5, 0.6) is 17.2 Å². The molecule has 2 aromatic carbocycles. The summed E-state index contributed by atoms with van der Waals surface area (Å²) >= 11 is 0.986. The predicted octanol–water partition coefficient (Wildman–Crippen LogP) is 6.18. The van der Waals surface area contributed by atoms with Crippen LogP contribution in [0, 0.1) is 0 Å². The monoisotopic (exact) mass is 518 g/mol. The zero-order valence-corrected chi connectivity index (χ0v) is 20.3. The van der Waals surface area contributed by atoms with E-state index in [1.165, 1.54) is 56.8 Å². The third-order valence-electron chi connectivity index (χ3n) is 5.21. The minimum atomic E-state index is -4.58. The van der Waals surface area contributed by atoms with Crippen molar-refractivity contribution in [2.45, 2.75) is 12.7 Å². The summed E-state index contributed by atoms with van der Waals surface area (Å²) in [5, 5.41) is 0.109. The van der Waals surface area contributed by atoms with E-state index in [1.807, 2.05) is 0 Å². The number of thiazole rings is 1. The lowest BCUT2D eigenvalue weighted by Gasteiger charge is -2.17. The number of alkyl halides is 3. The highest BCUT2D eigenvalue weighted by atomic mass is 32.1. The van der Waals surface area contributed by atoms with Gasteiger partial charge in [0.25, 0.3) is 5.91 Å². The molecule has 0 N–H and O–H groups in total. The Morgan fingerprint density at radius 1 is 1.08 bits per heavy atom. The van der Waals surface area contributed by atoms with Crippen molar-refractivity contribution in [2.75, 3.05) is 26.2 Å². The topological polar surface area (TPSA) is 74.0 Å². The first-order valence-corrected chi connectivity index (χ1v) is 11.4. The second-order valence-corrected chi connectivity index (χ2v) is 8.45. The number of ether oxygens (including phenoxy) is 3. The molecule has 0 spiro atoms. The van der Waals surface area contributed by atoms with E-state index >= 15 is 0 Å². The highest BCUT2D eigenvalue weighted by Crippen LogP contribution is 2.40.